The molecule has 104 valence electrons. The fraction of sp³-hybridized carbons (Fsp3) is 0.929. The number of carboxylic acid groups (broad SMARTS) is 1. The van der Waals surface area contributed by atoms with Crippen molar-refractivity contribution in [3.05, 3.63) is 0 Å². The van der Waals surface area contributed by atoms with Crippen LogP contribution >= 0.6 is 0 Å². The predicted octanol–water partition coefficient (Wildman–Crippen LogP) is 1.71. The average molecular weight is 254 g/mol. The van der Waals surface area contributed by atoms with Gasteiger partial charge in [-0.2, -0.15) is 0 Å². The van der Waals surface area contributed by atoms with Gasteiger partial charge in [0.25, 0.3) is 0 Å². The Morgan fingerprint density at radius 3 is 2.50 bits per heavy atom. The Bertz CT molecular complexity index is 259. The number of aliphatic carboxylic acids is 1. The van der Waals surface area contributed by atoms with E-state index in [9.17, 15) is 9.90 Å². The third-order valence-corrected chi connectivity index (χ3v) is 4.45. The van der Waals surface area contributed by atoms with E-state index in [2.05, 4.69) is 10.2 Å². The third kappa shape index (κ3) is 3.95. The van der Waals surface area contributed by atoms with Gasteiger partial charge in [0.15, 0.2) is 0 Å². The van der Waals surface area contributed by atoms with Crippen LogP contribution in [0, 0.1) is 5.92 Å². The van der Waals surface area contributed by atoms with Crippen molar-refractivity contribution < 1.29 is 9.90 Å². The van der Waals surface area contributed by atoms with Crippen molar-refractivity contribution in [2.45, 2.75) is 51.0 Å². The minimum Gasteiger partial charge on any atom is -0.480 e. The zero-order valence-corrected chi connectivity index (χ0v) is 11.2. The van der Waals surface area contributed by atoms with E-state index in [-0.39, 0.29) is 6.04 Å². The van der Waals surface area contributed by atoms with Gasteiger partial charge in [-0.25, -0.2) is 0 Å². The zero-order valence-electron chi connectivity index (χ0n) is 11.2. The Labute approximate surface area is 110 Å². The molecule has 1 aliphatic carbocycles. The van der Waals surface area contributed by atoms with Gasteiger partial charge in [0.05, 0.1) is 0 Å². The number of hydrogen-bond donors (Lipinski definition) is 2. The summed E-state index contributed by atoms with van der Waals surface area (Å²) in [6.07, 6.45) is 8.62. The van der Waals surface area contributed by atoms with Crippen LogP contribution in [0.3, 0.4) is 0 Å². The van der Waals surface area contributed by atoms with Crippen LogP contribution in [-0.4, -0.2) is 48.2 Å². The van der Waals surface area contributed by atoms with Crippen molar-refractivity contribution in [2.75, 3.05) is 26.2 Å². The van der Waals surface area contributed by atoms with Gasteiger partial charge in [-0.05, 0) is 18.8 Å². The summed E-state index contributed by atoms with van der Waals surface area (Å²) in [5, 5.41) is 12.7. The lowest BCUT2D eigenvalue weighted by Crippen LogP contribution is -2.51. The van der Waals surface area contributed by atoms with Gasteiger partial charge in [-0.3, -0.25) is 9.69 Å². The van der Waals surface area contributed by atoms with E-state index in [1.807, 2.05) is 0 Å². The SMILES string of the molecule is O=C(O)C(CCC1CCCCC1)N1CCNCC1. The van der Waals surface area contributed by atoms with Crippen LogP contribution in [0.4, 0.5) is 0 Å². The highest BCUT2D eigenvalue weighted by atomic mass is 16.4. The molecule has 0 radical (unpaired) electrons. The molecule has 0 bridgehead atoms. The van der Waals surface area contributed by atoms with Gasteiger partial charge in [0.1, 0.15) is 6.04 Å². The van der Waals surface area contributed by atoms with Gasteiger partial charge < -0.3 is 10.4 Å². The Balaban J connectivity index is 1.79. The first-order chi connectivity index (χ1) is 8.77. The average Bonchev–Trinajstić information content (AvgIpc) is 2.41. The molecule has 2 fully saturated rings. The predicted molar refractivity (Wildman–Crippen MR) is 71.7 cm³/mol. The lowest BCUT2D eigenvalue weighted by Gasteiger charge is -2.33. The summed E-state index contributed by atoms with van der Waals surface area (Å²) in [6, 6.07) is -0.256. The van der Waals surface area contributed by atoms with Crippen LogP contribution in [0.1, 0.15) is 44.9 Å². The maximum absolute atomic E-state index is 11.4. The molecule has 0 amide bonds. The summed E-state index contributed by atoms with van der Waals surface area (Å²) in [5.74, 6) is 0.149. The highest BCUT2D eigenvalue weighted by Crippen LogP contribution is 2.28. The number of nitrogens with zero attached hydrogens (tertiary/aromatic N) is 1. The molecular weight excluding hydrogens is 228 g/mol. The van der Waals surface area contributed by atoms with Crippen molar-refractivity contribution in [3.8, 4) is 0 Å². The summed E-state index contributed by atoms with van der Waals surface area (Å²) in [6.45, 7) is 3.60. The number of nitrogens with one attached hydrogen (secondary N) is 1. The molecule has 2 rings (SSSR count). The van der Waals surface area contributed by atoms with Gasteiger partial charge in [-0.15, -0.1) is 0 Å². The summed E-state index contributed by atoms with van der Waals surface area (Å²) in [4.78, 5) is 13.5. The highest BCUT2D eigenvalue weighted by Gasteiger charge is 2.27. The molecule has 4 nitrogen and oxygen atoms in total. The van der Waals surface area contributed by atoms with Crippen LogP contribution < -0.4 is 5.32 Å². The molecule has 0 aromatic heterocycles. The Kier molecular flexibility index (Phi) is 5.45. The standard InChI is InChI=1S/C14H26N2O2/c17-14(18)13(16-10-8-15-9-11-16)7-6-12-4-2-1-3-5-12/h12-13,15H,1-11H2,(H,17,18). The normalized spacial score (nSPS) is 24.9. The number of carboxylic acids is 1. The Morgan fingerprint density at radius 2 is 1.89 bits per heavy atom. The molecule has 0 spiro atoms. The highest BCUT2D eigenvalue weighted by molar-refractivity contribution is 5.73. The molecule has 1 heterocycles. The van der Waals surface area contributed by atoms with Crippen LogP contribution in [0.15, 0.2) is 0 Å². The van der Waals surface area contributed by atoms with Crippen LogP contribution in [-0.2, 0) is 4.79 Å². The first kappa shape index (κ1) is 13.8. The summed E-state index contributed by atoms with van der Waals surface area (Å²) in [7, 11) is 0. The van der Waals surface area contributed by atoms with Crippen molar-refractivity contribution in [1.82, 2.24) is 10.2 Å². The van der Waals surface area contributed by atoms with Gasteiger partial charge >= 0.3 is 5.97 Å². The molecule has 0 aromatic carbocycles. The van der Waals surface area contributed by atoms with E-state index < -0.39 is 5.97 Å². The quantitative estimate of drug-likeness (QED) is 0.784. The molecule has 1 saturated carbocycles. The van der Waals surface area contributed by atoms with Gasteiger partial charge in [-0.1, -0.05) is 32.1 Å². The smallest absolute Gasteiger partial charge is 0.320 e. The summed E-state index contributed by atoms with van der Waals surface area (Å²) >= 11 is 0. The lowest BCUT2D eigenvalue weighted by molar-refractivity contribution is -0.144. The van der Waals surface area contributed by atoms with E-state index >= 15 is 0 Å². The molecule has 18 heavy (non-hydrogen) atoms. The number of piperazine rings is 1. The lowest BCUT2D eigenvalue weighted by atomic mass is 9.85. The molecule has 1 saturated heterocycles. The molecule has 4 heteroatoms. The number of rotatable bonds is 5. The van der Waals surface area contributed by atoms with Crippen LogP contribution in [0.5, 0.6) is 0 Å². The number of carbonyl (C=O) groups is 1. The first-order valence-corrected chi connectivity index (χ1v) is 7.45. The summed E-state index contributed by atoms with van der Waals surface area (Å²) in [5.41, 5.74) is 0. The molecule has 1 atom stereocenters. The third-order valence-electron chi connectivity index (χ3n) is 4.45. The fourth-order valence-electron chi connectivity index (χ4n) is 3.33. The number of hydrogen-bond acceptors (Lipinski definition) is 3. The van der Waals surface area contributed by atoms with Gasteiger partial charge in [0.2, 0.25) is 0 Å². The van der Waals surface area contributed by atoms with E-state index in [4.69, 9.17) is 0 Å². The first-order valence-electron chi connectivity index (χ1n) is 7.45. The minimum absolute atomic E-state index is 0.256. The maximum atomic E-state index is 11.4. The van der Waals surface area contributed by atoms with Crippen molar-refractivity contribution in [3.63, 3.8) is 0 Å². The van der Waals surface area contributed by atoms with Crippen LogP contribution in [0.25, 0.3) is 0 Å². The molecule has 1 unspecified atom stereocenters. The van der Waals surface area contributed by atoms with E-state index in [0.717, 1.165) is 44.9 Å². The molecule has 2 N–H and O–H groups in total. The summed E-state index contributed by atoms with van der Waals surface area (Å²) < 4.78 is 0. The largest absolute Gasteiger partial charge is 0.480 e. The second-order valence-corrected chi connectivity index (χ2v) is 5.72. The molecule has 1 aliphatic heterocycles. The Morgan fingerprint density at radius 1 is 1.22 bits per heavy atom. The van der Waals surface area contributed by atoms with E-state index in [1.54, 1.807) is 0 Å². The molecular formula is C14H26N2O2. The molecule has 0 aromatic rings. The molecule has 2 aliphatic rings. The van der Waals surface area contributed by atoms with E-state index in [0.29, 0.717) is 0 Å². The van der Waals surface area contributed by atoms with Crippen LogP contribution in [0.2, 0.25) is 0 Å². The van der Waals surface area contributed by atoms with Crippen molar-refractivity contribution in [1.29, 1.82) is 0 Å². The second-order valence-electron chi connectivity index (χ2n) is 5.72. The fourth-order valence-corrected chi connectivity index (χ4v) is 3.33. The Hall–Kier alpha value is -0.610. The zero-order chi connectivity index (χ0) is 12.8. The minimum atomic E-state index is -0.632. The van der Waals surface area contributed by atoms with Crippen molar-refractivity contribution >= 4 is 5.97 Å². The second kappa shape index (κ2) is 7.10. The van der Waals surface area contributed by atoms with Crippen molar-refractivity contribution in [2.24, 2.45) is 5.92 Å². The monoisotopic (exact) mass is 254 g/mol. The van der Waals surface area contributed by atoms with Gasteiger partial charge in [0, 0.05) is 26.2 Å². The topological polar surface area (TPSA) is 52.6 Å². The van der Waals surface area contributed by atoms with E-state index in [1.165, 1.54) is 32.1 Å². The maximum Gasteiger partial charge on any atom is 0.320 e.